The van der Waals surface area contributed by atoms with Crippen molar-refractivity contribution in [2.75, 3.05) is 0 Å². The van der Waals surface area contributed by atoms with Gasteiger partial charge in [-0.25, -0.2) is 0 Å². The first kappa shape index (κ1) is 16.5. The van der Waals surface area contributed by atoms with Gasteiger partial charge >= 0.3 is 0 Å². The summed E-state index contributed by atoms with van der Waals surface area (Å²) in [6.45, 7) is 4.33. The molecule has 25 heavy (non-hydrogen) atoms. The number of benzene rings is 1. The molecule has 0 unspecified atom stereocenters. The molecule has 0 spiro atoms. The van der Waals surface area contributed by atoms with Crippen molar-refractivity contribution < 1.29 is 4.79 Å². The maximum absolute atomic E-state index is 12.3. The van der Waals surface area contributed by atoms with Crippen molar-refractivity contribution in [3.05, 3.63) is 66.1 Å². The molecule has 0 atom stereocenters. The summed E-state index contributed by atoms with van der Waals surface area (Å²) in [4.78, 5) is 14.0. The van der Waals surface area contributed by atoms with Crippen molar-refractivity contribution in [3.63, 3.8) is 0 Å². The smallest absolute Gasteiger partial charge is 0.246 e. The number of hydrogen-bond acceptors (Lipinski definition) is 3. The third-order valence-electron chi connectivity index (χ3n) is 4.33. The number of hydrogen-bond donors (Lipinski definition) is 0. The lowest BCUT2D eigenvalue weighted by Gasteiger charge is -2.22. The summed E-state index contributed by atoms with van der Waals surface area (Å²) in [7, 11) is 3.77. The normalized spacial score (nSPS) is 10.6. The molecule has 2 heterocycles. The van der Waals surface area contributed by atoms with E-state index in [1.54, 1.807) is 16.6 Å². The molecular formula is C19H19N5O. The Bertz CT molecular complexity index is 989. The van der Waals surface area contributed by atoms with Gasteiger partial charge in [0, 0.05) is 32.4 Å². The second kappa shape index (κ2) is 6.65. The molecule has 6 nitrogen and oxygen atoms in total. The van der Waals surface area contributed by atoms with E-state index in [4.69, 9.17) is 0 Å². The highest BCUT2D eigenvalue weighted by Gasteiger charge is 2.17. The zero-order valence-electron chi connectivity index (χ0n) is 14.3. The van der Waals surface area contributed by atoms with Crippen LogP contribution < -0.4 is 0 Å². The summed E-state index contributed by atoms with van der Waals surface area (Å²) < 4.78 is 3.68. The summed E-state index contributed by atoms with van der Waals surface area (Å²) in [5.74, 6) is -0.182. The fourth-order valence-electron chi connectivity index (χ4n) is 2.92. The van der Waals surface area contributed by atoms with E-state index < -0.39 is 0 Å². The van der Waals surface area contributed by atoms with Gasteiger partial charge in [0.2, 0.25) is 5.91 Å². The minimum absolute atomic E-state index is 0.182. The molecule has 3 aromatic rings. The van der Waals surface area contributed by atoms with E-state index in [2.05, 4.69) is 28.4 Å². The van der Waals surface area contributed by atoms with Crippen LogP contribution >= 0.6 is 0 Å². The van der Waals surface area contributed by atoms with Crippen molar-refractivity contribution in [2.24, 2.45) is 14.1 Å². The quantitative estimate of drug-likeness (QED) is 0.674. The van der Waals surface area contributed by atoms with E-state index in [1.807, 2.05) is 31.4 Å². The molecule has 0 saturated heterocycles. The Morgan fingerprint density at radius 1 is 1.36 bits per heavy atom. The molecule has 0 radical (unpaired) electrons. The first-order valence-corrected chi connectivity index (χ1v) is 7.89. The molecule has 0 fully saturated rings. The number of carbonyl (C=O) groups excluding carboxylic acids is 1. The monoisotopic (exact) mass is 333 g/mol. The Morgan fingerprint density at radius 3 is 2.88 bits per heavy atom. The topological polar surface area (TPSA) is 66.8 Å². The Kier molecular flexibility index (Phi) is 4.40. The molecule has 1 amide bonds. The minimum Gasteiger partial charge on any atom is -0.351 e. The van der Waals surface area contributed by atoms with Gasteiger partial charge in [-0.1, -0.05) is 12.6 Å². The van der Waals surface area contributed by atoms with Crippen molar-refractivity contribution >= 4 is 16.8 Å². The van der Waals surface area contributed by atoms with Gasteiger partial charge in [-0.05, 0) is 35.2 Å². The number of carbonyl (C=O) groups is 1. The number of rotatable bonds is 5. The molecule has 0 N–H and O–H groups in total. The molecule has 0 aliphatic rings. The lowest BCUT2D eigenvalue weighted by atomic mass is 10.1. The summed E-state index contributed by atoms with van der Waals surface area (Å²) in [6.07, 6.45) is 4.82. The average molecular weight is 333 g/mol. The molecular weight excluding hydrogens is 314 g/mol. The molecule has 126 valence electrons. The van der Waals surface area contributed by atoms with Crippen molar-refractivity contribution in [1.29, 1.82) is 5.26 Å². The Labute approximate surface area is 146 Å². The van der Waals surface area contributed by atoms with Crippen LogP contribution in [0.15, 0.2) is 49.3 Å². The van der Waals surface area contributed by atoms with Crippen LogP contribution in [0.4, 0.5) is 0 Å². The molecule has 2 aromatic heterocycles. The Hall–Kier alpha value is -3.33. The highest BCUT2D eigenvalue weighted by molar-refractivity contribution is 5.87. The van der Waals surface area contributed by atoms with E-state index in [1.165, 1.54) is 12.3 Å². The van der Waals surface area contributed by atoms with Gasteiger partial charge < -0.3 is 9.47 Å². The van der Waals surface area contributed by atoms with Gasteiger partial charge in [-0.2, -0.15) is 10.4 Å². The second-order valence-electron chi connectivity index (χ2n) is 5.96. The Morgan fingerprint density at radius 2 is 2.16 bits per heavy atom. The summed E-state index contributed by atoms with van der Waals surface area (Å²) in [5, 5.41) is 14.5. The molecule has 0 aliphatic carbocycles. The average Bonchev–Trinajstić information content (AvgIpc) is 3.16. The van der Waals surface area contributed by atoms with Crippen molar-refractivity contribution in [1.82, 2.24) is 19.2 Å². The van der Waals surface area contributed by atoms with Gasteiger partial charge in [0.25, 0.3) is 0 Å². The number of aryl methyl sites for hydroxylation is 2. The van der Waals surface area contributed by atoms with Crippen molar-refractivity contribution in [3.8, 4) is 6.07 Å². The van der Waals surface area contributed by atoms with Gasteiger partial charge in [0.1, 0.15) is 6.07 Å². The fraction of sp³-hybridized carbons (Fsp3) is 0.211. The summed E-state index contributed by atoms with van der Waals surface area (Å²) in [5.41, 5.74) is 3.35. The number of fused-ring (bicyclic) bond motifs is 1. The maximum Gasteiger partial charge on any atom is 0.246 e. The molecule has 0 saturated carbocycles. The molecule has 1 aromatic carbocycles. The van der Waals surface area contributed by atoms with Gasteiger partial charge in [0.05, 0.1) is 24.0 Å². The van der Waals surface area contributed by atoms with Gasteiger partial charge in [0.15, 0.2) is 0 Å². The van der Waals surface area contributed by atoms with E-state index in [0.29, 0.717) is 24.3 Å². The number of aromatic nitrogens is 3. The predicted octanol–water partition coefficient (Wildman–Crippen LogP) is 2.50. The second-order valence-corrected chi connectivity index (χ2v) is 5.96. The van der Waals surface area contributed by atoms with Crippen LogP contribution in [0.5, 0.6) is 0 Å². The van der Waals surface area contributed by atoms with Gasteiger partial charge in [-0.15, -0.1) is 0 Å². The lowest BCUT2D eigenvalue weighted by molar-refractivity contribution is -0.127. The summed E-state index contributed by atoms with van der Waals surface area (Å²) >= 11 is 0. The van der Waals surface area contributed by atoms with E-state index in [-0.39, 0.29) is 5.91 Å². The third kappa shape index (κ3) is 3.17. The molecule has 0 bridgehead atoms. The SMILES string of the molecule is C=CC(=O)N(Cc1ccc2c(ccn2C)c1)Cc1c(C#N)cnn1C. The van der Waals surface area contributed by atoms with Crippen LogP contribution in [0.3, 0.4) is 0 Å². The van der Waals surface area contributed by atoms with E-state index in [0.717, 1.165) is 16.5 Å². The van der Waals surface area contributed by atoms with Crippen LogP contribution in [-0.4, -0.2) is 25.2 Å². The van der Waals surface area contributed by atoms with E-state index in [9.17, 15) is 10.1 Å². The lowest BCUT2D eigenvalue weighted by Crippen LogP contribution is -2.29. The van der Waals surface area contributed by atoms with Gasteiger partial charge in [-0.3, -0.25) is 9.48 Å². The van der Waals surface area contributed by atoms with Crippen LogP contribution in [0.25, 0.3) is 10.9 Å². The zero-order chi connectivity index (χ0) is 18.0. The fourth-order valence-corrected chi connectivity index (χ4v) is 2.92. The zero-order valence-corrected chi connectivity index (χ0v) is 14.3. The van der Waals surface area contributed by atoms with Crippen LogP contribution in [0.2, 0.25) is 0 Å². The molecule has 0 aliphatic heterocycles. The first-order chi connectivity index (χ1) is 12.0. The first-order valence-electron chi connectivity index (χ1n) is 7.89. The third-order valence-corrected chi connectivity index (χ3v) is 4.33. The molecule has 3 rings (SSSR count). The standard InChI is InChI=1S/C19H19N5O/c1-4-19(25)24(13-18-16(10-20)11-21-23(18)3)12-14-5-6-17-15(9-14)7-8-22(17)2/h4-9,11H,1,12-13H2,2-3H3. The largest absolute Gasteiger partial charge is 0.351 e. The number of nitriles is 1. The summed E-state index contributed by atoms with van der Waals surface area (Å²) in [6, 6.07) is 10.3. The van der Waals surface area contributed by atoms with E-state index >= 15 is 0 Å². The Balaban J connectivity index is 1.90. The van der Waals surface area contributed by atoms with Crippen LogP contribution in [-0.2, 0) is 32.0 Å². The maximum atomic E-state index is 12.3. The highest BCUT2D eigenvalue weighted by atomic mass is 16.2. The number of amides is 1. The minimum atomic E-state index is -0.182. The van der Waals surface area contributed by atoms with Crippen molar-refractivity contribution in [2.45, 2.75) is 13.1 Å². The molecule has 6 heteroatoms. The highest BCUT2D eigenvalue weighted by Crippen LogP contribution is 2.19. The number of nitrogens with zero attached hydrogens (tertiary/aromatic N) is 5. The predicted molar refractivity (Wildman–Crippen MR) is 95.3 cm³/mol. The van der Waals surface area contributed by atoms with Crippen LogP contribution in [0.1, 0.15) is 16.8 Å². The van der Waals surface area contributed by atoms with Crippen LogP contribution in [0, 0.1) is 11.3 Å².